The van der Waals surface area contributed by atoms with E-state index in [2.05, 4.69) is 50.5 Å². The highest BCUT2D eigenvalue weighted by Crippen LogP contribution is 2.32. The van der Waals surface area contributed by atoms with E-state index in [0.717, 1.165) is 38.1 Å². The molecule has 0 saturated carbocycles. The molecule has 2 unspecified atom stereocenters. The second-order valence-corrected chi connectivity index (χ2v) is 8.08. The van der Waals surface area contributed by atoms with Crippen molar-refractivity contribution in [1.29, 1.82) is 0 Å². The molecule has 160 valence electrons. The van der Waals surface area contributed by atoms with Crippen LogP contribution in [0.25, 0.3) is 0 Å². The highest BCUT2D eigenvalue weighted by molar-refractivity contribution is 5.85. The molecule has 0 radical (unpaired) electrons. The highest BCUT2D eigenvalue weighted by Gasteiger charge is 2.34. The minimum Gasteiger partial charge on any atom is -0.349 e. The first kappa shape index (κ1) is 23.7. The van der Waals surface area contributed by atoms with Crippen LogP contribution in [0.4, 0.5) is 0 Å². The van der Waals surface area contributed by atoms with Gasteiger partial charge in [0.25, 0.3) is 0 Å². The van der Waals surface area contributed by atoms with E-state index in [1.165, 1.54) is 18.4 Å². The van der Waals surface area contributed by atoms with Crippen LogP contribution in [0.2, 0.25) is 0 Å². The van der Waals surface area contributed by atoms with Gasteiger partial charge >= 0.3 is 0 Å². The molecule has 1 amide bonds. The van der Waals surface area contributed by atoms with Crippen LogP contribution in [0.3, 0.4) is 0 Å². The molecule has 7 heteroatoms. The third-order valence-corrected chi connectivity index (χ3v) is 6.00. The van der Waals surface area contributed by atoms with Crippen molar-refractivity contribution in [3.8, 4) is 0 Å². The predicted molar refractivity (Wildman–Crippen MR) is 121 cm³/mol. The number of hydrogen-bond acceptors (Lipinski definition) is 3. The SMILES string of the molecule is Cl.Cl.O=C(CC1CC2CCC(C1)N2)NCc1nccn1CCCc1ccccc1. The zero-order chi connectivity index (χ0) is 18.5. The second-order valence-electron chi connectivity index (χ2n) is 8.08. The summed E-state index contributed by atoms with van der Waals surface area (Å²) in [6.07, 6.45) is 11.5. The summed E-state index contributed by atoms with van der Waals surface area (Å²) in [6, 6.07) is 11.8. The number of piperidine rings is 1. The molecule has 29 heavy (non-hydrogen) atoms. The number of fused-ring (bicyclic) bond motifs is 2. The maximum Gasteiger partial charge on any atom is 0.220 e. The molecule has 0 spiro atoms. The van der Waals surface area contributed by atoms with Gasteiger partial charge in [-0.05, 0) is 50.0 Å². The fraction of sp³-hybridized carbons (Fsp3) is 0.545. The van der Waals surface area contributed by atoms with Gasteiger partial charge < -0.3 is 15.2 Å². The molecule has 0 aliphatic carbocycles. The Kier molecular flexibility index (Phi) is 9.47. The molecule has 2 atom stereocenters. The van der Waals surface area contributed by atoms with Crippen LogP contribution in [0, 0.1) is 5.92 Å². The van der Waals surface area contributed by atoms with Crippen LogP contribution in [-0.2, 0) is 24.3 Å². The van der Waals surface area contributed by atoms with Gasteiger partial charge in [0.1, 0.15) is 5.82 Å². The third-order valence-electron chi connectivity index (χ3n) is 6.00. The van der Waals surface area contributed by atoms with E-state index in [9.17, 15) is 4.79 Å². The summed E-state index contributed by atoms with van der Waals surface area (Å²) >= 11 is 0. The average molecular weight is 439 g/mol. The van der Waals surface area contributed by atoms with E-state index < -0.39 is 0 Å². The number of imidazole rings is 1. The Morgan fingerprint density at radius 2 is 1.86 bits per heavy atom. The number of aryl methyl sites for hydroxylation is 2. The number of halogens is 2. The summed E-state index contributed by atoms with van der Waals surface area (Å²) in [5, 5.41) is 6.73. The zero-order valence-electron chi connectivity index (χ0n) is 16.8. The minimum atomic E-state index is 0. The topological polar surface area (TPSA) is 59.0 Å². The van der Waals surface area contributed by atoms with Gasteiger partial charge in [-0.15, -0.1) is 24.8 Å². The standard InChI is InChI=1S/C22H30N4O.2ClH/c27-22(15-18-13-19-8-9-20(14-18)25-19)24-16-21-23-10-12-26(21)11-4-7-17-5-2-1-3-6-17;;/h1-3,5-6,10,12,18-20,25H,4,7-9,11,13-16H2,(H,24,27);2*1H. The summed E-state index contributed by atoms with van der Waals surface area (Å²) in [7, 11) is 0. The van der Waals surface area contributed by atoms with E-state index in [1.54, 1.807) is 0 Å². The average Bonchev–Trinajstić information content (AvgIpc) is 3.26. The largest absolute Gasteiger partial charge is 0.349 e. The molecular weight excluding hydrogens is 407 g/mol. The monoisotopic (exact) mass is 438 g/mol. The molecule has 2 aromatic rings. The lowest BCUT2D eigenvalue weighted by molar-refractivity contribution is -0.122. The first-order valence-corrected chi connectivity index (χ1v) is 10.3. The zero-order valence-corrected chi connectivity index (χ0v) is 18.4. The van der Waals surface area contributed by atoms with Crippen molar-refractivity contribution in [3.63, 3.8) is 0 Å². The number of aromatic nitrogens is 2. The van der Waals surface area contributed by atoms with Crippen molar-refractivity contribution >= 4 is 30.7 Å². The van der Waals surface area contributed by atoms with Crippen LogP contribution in [-0.4, -0.2) is 27.5 Å². The van der Waals surface area contributed by atoms with Crippen LogP contribution < -0.4 is 10.6 Å². The van der Waals surface area contributed by atoms with Gasteiger partial charge in [0.2, 0.25) is 5.91 Å². The quantitative estimate of drug-likeness (QED) is 0.656. The predicted octanol–water partition coefficient (Wildman–Crippen LogP) is 3.90. The Morgan fingerprint density at radius 1 is 1.14 bits per heavy atom. The number of rotatable bonds is 8. The summed E-state index contributed by atoms with van der Waals surface area (Å²) in [6.45, 7) is 1.45. The molecule has 2 aliphatic rings. The van der Waals surface area contributed by atoms with E-state index in [1.807, 2.05) is 12.4 Å². The van der Waals surface area contributed by atoms with Crippen molar-refractivity contribution in [2.24, 2.45) is 5.92 Å². The van der Waals surface area contributed by atoms with Crippen molar-refractivity contribution in [2.75, 3.05) is 0 Å². The molecule has 2 N–H and O–H groups in total. The Morgan fingerprint density at radius 3 is 2.59 bits per heavy atom. The lowest BCUT2D eigenvalue weighted by Gasteiger charge is -2.28. The lowest BCUT2D eigenvalue weighted by Crippen LogP contribution is -2.39. The van der Waals surface area contributed by atoms with Gasteiger partial charge in [0, 0.05) is 37.4 Å². The summed E-state index contributed by atoms with van der Waals surface area (Å²) < 4.78 is 2.16. The maximum absolute atomic E-state index is 12.4. The molecule has 2 saturated heterocycles. The molecular formula is C22H32Cl2N4O. The number of nitrogens with one attached hydrogen (secondary N) is 2. The fourth-order valence-electron chi connectivity index (χ4n) is 4.66. The maximum atomic E-state index is 12.4. The van der Waals surface area contributed by atoms with Gasteiger partial charge in [-0.1, -0.05) is 30.3 Å². The summed E-state index contributed by atoms with van der Waals surface area (Å²) in [5.41, 5.74) is 1.36. The van der Waals surface area contributed by atoms with Gasteiger partial charge in [-0.25, -0.2) is 4.98 Å². The van der Waals surface area contributed by atoms with Gasteiger partial charge in [0.05, 0.1) is 6.54 Å². The van der Waals surface area contributed by atoms with E-state index in [4.69, 9.17) is 0 Å². The van der Waals surface area contributed by atoms with Gasteiger partial charge in [-0.2, -0.15) is 0 Å². The van der Waals surface area contributed by atoms with Gasteiger partial charge in [-0.3, -0.25) is 4.79 Å². The highest BCUT2D eigenvalue weighted by atomic mass is 35.5. The van der Waals surface area contributed by atoms with Crippen LogP contribution in [0.1, 0.15) is 49.9 Å². The number of carbonyl (C=O) groups excluding carboxylic acids is 1. The Bertz CT molecular complexity index is 740. The summed E-state index contributed by atoms with van der Waals surface area (Å²) in [4.78, 5) is 16.8. The fourth-order valence-corrected chi connectivity index (χ4v) is 4.66. The molecule has 2 aliphatic heterocycles. The Balaban J connectivity index is 0.00000150. The van der Waals surface area contributed by atoms with Crippen LogP contribution >= 0.6 is 24.8 Å². The molecule has 3 heterocycles. The first-order chi connectivity index (χ1) is 13.3. The summed E-state index contributed by atoms with van der Waals surface area (Å²) in [5.74, 6) is 1.65. The van der Waals surface area contributed by atoms with Crippen LogP contribution in [0.5, 0.6) is 0 Å². The number of amides is 1. The molecule has 2 bridgehead atoms. The first-order valence-electron chi connectivity index (χ1n) is 10.3. The van der Waals surface area contributed by atoms with Crippen molar-refractivity contribution in [3.05, 3.63) is 54.1 Å². The number of carbonyl (C=O) groups is 1. The molecule has 5 nitrogen and oxygen atoms in total. The Labute approximate surface area is 185 Å². The van der Waals surface area contributed by atoms with Crippen molar-refractivity contribution in [2.45, 2.75) is 70.1 Å². The van der Waals surface area contributed by atoms with Crippen molar-refractivity contribution in [1.82, 2.24) is 20.2 Å². The number of benzene rings is 1. The smallest absolute Gasteiger partial charge is 0.220 e. The van der Waals surface area contributed by atoms with Crippen LogP contribution in [0.15, 0.2) is 42.7 Å². The van der Waals surface area contributed by atoms with Gasteiger partial charge in [0.15, 0.2) is 0 Å². The Hall–Kier alpha value is -1.56. The third kappa shape index (κ3) is 6.73. The molecule has 4 rings (SSSR count). The molecule has 1 aromatic carbocycles. The molecule has 2 fully saturated rings. The second kappa shape index (κ2) is 11.6. The normalized spacial score (nSPS) is 22.4. The number of hydrogen-bond donors (Lipinski definition) is 2. The minimum absolute atomic E-state index is 0. The van der Waals surface area contributed by atoms with E-state index >= 15 is 0 Å². The van der Waals surface area contributed by atoms with Crippen molar-refractivity contribution < 1.29 is 4.79 Å². The molecule has 1 aromatic heterocycles. The lowest BCUT2D eigenvalue weighted by atomic mass is 9.89. The number of nitrogens with zero attached hydrogens (tertiary/aromatic N) is 2. The van der Waals surface area contributed by atoms with E-state index in [-0.39, 0.29) is 30.7 Å². The van der Waals surface area contributed by atoms with E-state index in [0.29, 0.717) is 31.0 Å².